The predicted molar refractivity (Wildman–Crippen MR) is 236 cm³/mol. The molecular formula is C48H42N6O6. The first kappa shape index (κ1) is 40.4. The van der Waals surface area contributed by atoms with E-state index in [1.165, 1.54) is 28.1 Å². The maximum Gasteiger partial charge on any atom is 0.320 e. The number of para-hydroxylation sites is 2. The summed E-state index contributed by atoms with van der Waals surface area (Å²) in [6, 6.07) is 45.6. The Labute approximate surface area is 344 Å². The van der Waals surface area contributed by atoms with Crippen molar-refractivity contribution >= 4 is 50.3 Å². The van der Waals surface area contributed by atoms with Gasteiger partial charge in [-0.2, -0.15) is 0 Å². The molecule has 0 fully saturated rings. The van der Waals surface area contributed by atoms with Gasteiger partial charge in [-0.25, -0.2) is 0 Å². The first-order valence-electron chi connectivity index (χ1n) is 19.2. The summed E-state index contributed by atoms with van der Waals surface area (Å²) in [4.78, 5) is 42.4. The van der Waals surface area contributed by atoms with Crippen molar-refractivity contribution in [3.8, 4) is 33.4 Å². The van der Waals surface area contributed by atoms with Gasteiger partial charge in [0, 0.05) is 59.6 Å². The molecule has 9 N–H and O–H groups in total. The smallest absolute Gasteiger partial charge is 0.320 e. The third-order valence-electron chi connectivity index (χ3n) is 10.2. The molecule has 0 aliphatic heterocycles. The zero-order chi connectivity index (χ0) is 42.2. The van der Waals surface area contributed by atoms with Gasteiger partial charge >= 0.3 is 11.9 Å². The van der Waals surface area contributed by atoms with Gasteiger partial charge in [0.25, 0.3) is 5.69 Å². The number of carboxylic acids is 2. The number of non-ortho nitro benzene ring substituents is 1. The number of fused-ring (bicyclic) bond motifs is 3. The summed E-state index contributed by atoms with van der Waals surface area (Å²) >= 11 is 0. The number of hydrogen-bond donors (Lipinski definition) is 7. The van der Waals surface area contributed by atoms with Crippen LogP contribution in [0.3, 0.4) is 0 Å². The van der Waals surface area contributed by atoms with E-state index in [0.717, 1.165) is 38.7 Å². The van der Waals surface area contributed by atoms with Crippen molar-refractivity contribution in [2.24, 2.45) is 11.5 Å². The van der Waals surface area contributed by atoms with Crippen LogP contribution in [-0.4, -0.2) is 54.1 Å². The van der Waals surface area contributed by atoms with Crippen molar-refractivity contribution in [1.82, 2.24) is 15.0 Å². The molecule has 6 aromatic carbocycles. The maximum atomic E-state index is 11.4. The number of rotatable bonds is 10. The average Bonchev–Trinajstić information content (AvgIpc) is 4.04. The highest BCUT2D eigenvalue weighted by Crippen LogP contribution is 2.36. The van der Waals surface area contributed by atoms with Crippen LogP contribution in [0.4, 0.5) is 5.69 Å². The lowest BCUT2D eigenvalue weighted by Gasteiger charge is -2.07. The molecule has 0 aliphatic rings. The van der Waals surface area contributed by atoms with E-state index >= 15 is 0 Å². The number of hydrogen-bond acceptors (Lipinski definition) is 6. The number of aromatic amines is 3. The topological polar surface area (TPSA) is 217 Å². The van der Waals surface area contributed by atoms with E-state index in [-0.39, 0.29) is 12.1 Å². The van der Waals surface area contributed by atoms with Crippen LogP contribution in [0.25, 0.3) is 66.1 Å². The van der Waals surface area contributed by atoms with Crippen LogP contribution in [-0.2, 0) is 22.4 Å². The third kappa shape index (κ3) is 8.85. The van der Waals surface area contributed by atoms with E-state index in [1.807, 2.05) is 79.1 Å². The Morgan fingerprint density at radius 1 is 0.550 bits per heavy atom. The zero-order valence-electron chi connectivity index (χ0n) is 32.3. The van der Waals surface area contributed by atoms with Crippen LogP contribution in [0.5, 0.6) is 0 Å². The van der Waals surface area contributed by atoms with Crippen molar-refractivity contribution in [3.05, 3.63) is 185 Å². The molecule has 0 saturated carbocycles. The number of nitro benzene ring substituents is 1. The second-order valence-electron chi connectivity index (χ2n) is 14.1. The number of aliphatic carboxylic acids is 2. The minimum absolute atomic E-state index is 0.00835. The van der Waals surface area contributed by atoms with Crippen LogP contribution in [0.2, 0.25) is 0 Å². The number of nitro groups is 1. The van der Waals surface area contributed by atoms with Gasteiger partial charge < -0.3 is 36.6 Å². The van der Waals surface area contributed by atoms with Crippen LogP contribution >= 0.6 is 0 Å². The van der Waals surface area contributed by atoms with Crippen molar-refractivity contribution in [2.45, 2.75) is 24.9 Å². The molecule has 0 radical (unpaired) electrons. The first-order chi connectivity index (χ1) is 29.1. The second kappa shape index (κ2) is 18.2. The standard InChI is InChI=1S/C17H15N3O4.C17H16N2O2.C14H11N/c18-13(17(21)22)8-11-9-19-16-12(10-4-2-1-3-5-10)6-7-14(15(11)16)20(23)24;18-15(17(20)21)9-12-10-19-16-13(7-4-8-14(12)16)11-5-2-1-3-6-11;1-2-5-11(6-3-1)13-8-4-7-12-9-10-15-14(12)13/h1-7,9,13,19H,8,18H2,(H,21,22);1-8,10,15,19H,9,18H2,(H,20,21);1-10,15H. The van der Waals surface area contributed by atoms with E-state index in [1.54, 1.807) is 12.3 Å². The number of carboxylic acid groups (broad SMARTS) is 2. The van der Waals surface area contributed by atoms with E-state index in [9.17, 15) is 19.7 Å². The number of nitrogens with zero attached hydrogens (tertiary/aromatic N) is 1. The zero-order valence-corrected chi connectivity index (χ0v) is 32.3. The van der Waals surface area contributed by atoms with E-state index < -0.39 is 28.9 Å². The normalized spacial score (nSPS) is 11.9. The summed E-state index contributed by atoms with van der Waals surface area (Å²) < 4.78 is 0. The van der Waals surface area contributed by atoms with Crippen molar-refractivity contribution < 1.29 is 24.7 Å². The molecular weight excluding hydrogens is 757 g/mol. The fourth-order valence-corrected chi connectivity index (χ4v) is 7.30. The van der Waals surface area contributed by atoms with Crippen LogP contribution in [0, 0.1) is 10.1 Å². The minimum atomic E-state index is -1.15. The summed E-state index contributed by atoms with van der Waals surface area (Å²) in [6.07, 6.45) is 5.74. The Hall–Kier alpha value is -7.80. The van der Waals surface area contributed by atoms with E-state index in [4.69, 9.17) is 21.7 Å². The second-order valence-corrected chi connectivity index (χ2v) is 14.1. The van der Waals surface area contributed by atoms with Crippen LogP contribution < -0.4 is 11.5 Å². The molecule has 2 atom stereocenters. The number of H-pyrrole nitrogens is 3. The lowest BCUT2D eigenvalue weighted by atomic mass is 9.98. The van der Waals surface area contributed by atoms with Gasteiger partial charge in [-0.3, -0.25) is 19.7 Å². The summed E-state index contributed by atoms with van der Waals surface area (Å²) in [5.41, 5.74) is 21.9. The van der Waals surface area contributed by atoms with E-state index in [0.29, 0.717) is 22.9 Å². The molecule has 12 nitrogen and oxygen atoms in total. The Bertz CT molecular complexity index is 2900. The van der Waals surface area contributed by atoms with Gasteiger partial charge in [-0.1, -0.05) is 127 Å². The lowest BCUT2D eigenvalue weighted by molar-refractivity contribution is -0.383. The highest BCUT2D eigenvalue weighted by atomic mass is 16.6. The molecule has 9 aromatic rings. The number of carbonyl (C=O) groups is 2. The largest absolute Gasteiger partial charge is 0.480 e. The lowest BCUT2D eigenvalue weighted by Crippen LogP contribution is -2.32. The molecule has 12 heteroatoms. The highest BCUT2D eigenvalue weighted by Gasteiger charge is 2.23. The molecule has 0 bridgehead atoms. The molecule has 0 saturated heterocycles. The Balaban J connectivity index is 0.000000139. The molecule has 2 unspecified atom stereocenters. The van der Waals surface area contributed by atoms with Crippen LogP contribution in [0.1, 0.15) is 11.1 Å². The summed E-state index contributed by atoms with van der Waals surface area (Å²) in [5.74, 6) is -2.13. The Morgan fingerprint density at radius 2 is 1.03 bits per heavy atom. The molecule has 0 amide bonds. The number of aromatic nitrogens is 3. The van der Waals surface area contributed by atoms with Crippen molar-refractivity contribution in [1.29, 1.82) is 0 Å². The molecule has 0 spiro atoms. The number of benzene rings is 6. The van der Waals surface area contributed by atoms with Gasteiger partial charge in [0.05, 0.1) is 26.9 Å². The van der Waals surface area contributed by atoms with Gasteiger partial charge in [0.15, 0.2) is 0 Å². The summed E-state index contributed by atoms with van der Waals surface area (Å²) in [5, 5.41) is 32.0. The van der Waals surface area contributed by atoms with Gasteiger partial charge in [0.2, 0.25) is 0 Å². The Kier molecular flexibility index (Phi) is 12.3. The van der Waals surface area contributed by atoms with E-state index in [2.05, 4.69) is 81.7 Å². The van der Waals surface area contributed by atoms with Crippen molar-refractivity contribution in [2.75, 3.05) is 0 Å². The predicted octanol–water partition coefficient (Wildman–Crippen LogP) is 9.32. The number of nitrogens with one attached hydrogen (secondary N) is 3. The molecule has 3 aromatic heterocycles. The van der Waals surface area contributed by atoms with Gasteiger partial charge in [0.1, 0.15) is 12.1 Å². The fourth-order valence-electron chi connectivity index (χ4n) is 7.30. The molecule has 9 rings (SSSR count). The van der Waals surface area contributed by atoms with Crippen molar-refractivity contribution in [3.63, 3.8) is 0 Å². The number of nitrogens with two attached hydrogens (primary N) is 2. The third-order valence-corrected chi connectivity index (χ3v) is 10.2. The molecule has 0 aliphatic carbocycles. The molecule has 60 heavy (non-hydrogen) atoms. The highest BCUT2D eigenvalue weighted by molar-refractivity contribution is 6.02. The fraction of sp³-hybridized carbons (Fsp3) is 0.0833. The molecule has 3 heterocycles. The first-order valence-corrected chi connectivity index (χ1v) is 19.2. The monoisotopic (exact) mass is 798 g/mol. The Morgan fingerprint density at radius 3 is 1.58 bits per heavy atom. The van der Waals surface area contributed by atoms with Gasteiger partial charge in [-0.05, 0) is 45.3 Å². The summed E-state index contributed by atoms with van der Waals surface area (Å²) in [7, 11) is 0. The maximum absolute atomic E-state index is 11.4. The van der Waals surface area contributed by atoms with Crippen LogP contribution in [0.15, 0.2) is 164 Å². The molecule has 300 valence electrons. The SMILES string of the molecule is NC(Cc1c[nH]c2c(-c3ccccc3)ccc([N+](=O)[O-])c12)C(=O)O.NC(Cc1c[nH]c2c(-c3ccccc3)cccc12)C(=O)O.c1ccc(-c2cccc3cc[nH]c23)cc1. The van der Waals surface area contributed by atoms with Gasteiger partial charge in [-0.15, -0.1) is 0 Å². The average molecular weight is 799 g/mol. The minimum Gasteiger partial charge on any atom is -0.480 e. The summed E-state index contributed by atoms with van der Waals surface area (Å²) in [6.45, 7) is 0. The quantitative estimate of drug-likeness (QED) is 0.0521.